The second kappa shape index (κ2) is 3.22. The Morgan fingerprint density at radius 2 is 2.46 bits per heavy atom. The predicted octanol–water partition coefficient (Wildman–Crippen LogP) is 0.592. The lowest BCUT2D eigenvalue weighted by Crippen LogP contribution is -2.41. The highest BCUT2D eigenvalue weighted by atomic mass is 16.3. The van der Waals surface area contributed by atoms with Crippen LogP contribution in [0.25, 0.3) is 0 Å². The van der Waals surface area contributed by atoms with Crippen molar-refractivity contribution in [3.63, 3.8) is 0 Å². The van der Waals surface area contributed by atoms with E-state index in [0.29, 0.717) is 12.8 Å². The number of aliphatic hydroxyl groups excluding tert-OH is 1. The fourth-order valence-corrected chi connectivity index (χ4v) is 1.54. The minimum Gasteiger partial charge on any atom is -0.472 e. The first-order chi connectivity index (χ1) is 6.27. The molecule has 0 saturated carbocycles. The van der Waals surface area contributed by atoms with Crippen molar-refractivity contribution in [3.8, 4) is 0 Å². The molecule has 2 heterocycles. The second-order valence-electron chi connectivity index (χ2n) is 3.21. The number of hydrogen-bond donors (Lipinski definition) is 2. The van der Waals surface area contributed by atoms with Crippen LogP contribution in [-0.4, -0.2) is 17.1 Å². The number of carbonyl (C=O) groups is 1. The van der Waals surface area contributed by atoms with Gasteiger partial charge in [-0.15, -0.1) is 0 Å². The zero-order valence-corrected chi connectivity index (χ0v) is 7.06. The fraction of sp³-hybridized carbons (Fsp3) is 0.444. The van der Waals surface area contributed by atoms with Crippen molar-refractivity contribution in [1.29, 1.82) is 0 Å². The number of nitrogens with one attached hydrogen (secondary N) is 1. The van der Waals surface area contributed by atoms with Crippen molar-refractivity contribution in [1.82, 2.24) is 5.32 Å². The predicted molar refractivity (Wildman–Crippen MR) is 44.8 cm³/mol. The molecule has 0 aliphatic carbocycles. The molecule has 2 rings (SSSR count). The Kier molecular flexibility index (Phi) is 2.06. The third kappa shape index (κ3) is 1.58. The summed E-state index contributed by atoms with van der Waals surface area (Å²) in [6.07, 6.45) is 3.48. The molecule has 4 heteroatoms. The van der Waals surface area contributed by atoms with Crippen LogP contribution in [0, 0.1) is 0 Å². The Balaban J connectivity index is 2.17. The standard InChI is InChI=1S/C9H11NO3/c11-7-1-2-8(12)10-9(7)6-3-4-13-5-6/h3-5,7,9,11H,1-2H2,(H,10,12)/t7-,9+/m1/s1. The number of carbonyl (C=O) groups excluding carboxylic acids is 1. The maximum atomic E-state index is 11.1. The molecule has 0 radical (unpaired) electrons. The maximum Gasteiger partial charge on any atom is 0.220 e. The fourth-order valence-electron chi connectivity index (χ4n) is 1.54. The Morgan fingerprint density at radius 3 is 3.15 bits per heavy atom. The normalized spacial score (nSPS) is 28.5. The van der Waals surface area contributed by atoms with E-state index < -0.39 is 6.10 Å². The molecule has 1 fully saturated rings. The van der Waals surface area contributed by atoms with Crippen LogP contribution in [0.4, 0.5) is 0 Å². The Hall–Kier alpha value is -1.29. The molecule has 0 unspecified atom stereocenters. The van der Waals surface area contributed by atoms with Crippen LogP contribution in [0.15, 0.2) is 23.0 Å². The van der Waals surface area contributed by atoms with Crippen LogP contribution in [0.2, 0.25) is 0 Å². The molecule has 2 atom stereocenters. The first kappa shape index (κ1) is 8.31. The van der Waals surface area contributed by atoms with Gasteiger partial charge in [0, 0.05) is 12.0 Å². The summed E-state index contributed by atoms with van der Waals surface area (Å²) in [5.74, 6) is -0.0171. The van der Waals surface area contributed by atoms with Crippen LogP contribution in [0.3, 0.4) is 0 Å². The van der Waals surface area contributed by atoms with Gasteiger partial charge in [-0.05, 0) is 12.5 Å². The van der Waals surface area contributed by atoms with E-state index in [-0.39, 0.29) is 11.9 Å². The second-order valence-corrected chi connectivity index (χ2v) is 3.21. The molecule has 2 N–H and O–H groups in total. The minimum atomic E-state index is -0.504. The molecule has 70 valence electrons. The van der Waals surface area contributed by atoms with E-state index in [1.807, 2.05) is 0 Å². The van der Waals surface area contributed by atoms with E-state index in [4.69, 9.17) is 4.42 Å². The summed E-state index contributed by atoms with van der Waals surface area (Å²) in [5.41, 5.74) is 0.820. The number of hydrogen-bond acceptors (Lipinski definition) is 3. The van der Waals surface area contributed by atoms with Gasteiger partial charge in [0.25, 0.3) is 0 Å². The topological polar surface area (TPSA) is 62.5 Å². The van der Waals surface area contributed by atoms with Crippen LogP contribution < -0.4 is 5.32 Å². The van der Waals surface area contributed by atoms with Gasteiger partial charge in [-0.25, -0.2) is 0 Å². The van der Waals surface area contributed by atoms with Gasteiger partial charge in [0.05, 0.1) is 24.7 Å². The lowest BCUT2D eigenvalue weighted by Gasteiger charge is -2.27. The molecule has 1 aromatic rings. The average molecular weight is 181 g/mol. The smallest absolute Gasteiger partial charge is 0.220 e. The molecular weight excluding hydrogens is 170 g/mol. The number of rotatable bonds is 1. The number of aliphatic hydroxyl groups is 1. The zero-order valence-electron chi connectivity index (χ0n) is 7.06. The monoisotopic (exact) mass is 181 g/mol. The zero-order chi connectivity index (χ0) is 9.26. The number of amides is 1. The SMILES string of the molecule is O=C1CC[C@@H](O)[C@H](c2ccoc2)N1. The highest BCUT2D eigenvalue weighted by molar-refractivity contribution is 5.77. The Bertz CT molecular complexity index is 294. The van der Waals surface area contributed by atoms with Crippen molar-refractivity contribution in [2.45, 2.75) is 25.0 Å². The van der Waals surface area contributed by atoms with Gasteiger partial charge in [0.15, 0.2) is 0 Å². The van der Waals surface area contributed by atoms with Crippen molar-refractivity contribution in [3.05, 3.63) is 24.2 Å². The molecule has 0 aromatic carbocycles. The molecule has 0 spiro atoms. The molecular formula is C9H11NO3. The summed E-state index contributed by atoms with van der Waals surface area (Å²) in [5, 5.41) is 12.3. The van der Waals surface area contributed by atoms with Gasteiger partial charge >= 0.3 is 0 Å². The van der Waals surface area contributed by atoms with Crippen molar-refractivity contribution in [2.24, 2.45) is 0 Å². The third-order valence-corrected chi connectivity index (χ3v) is 2.27. The van der Waals surface area contributed by atoms with E-state index in [2.05, 4.69) is 5.32 Å². The molecule has 1 aliphatic heterocycles. The minimum absolute atomic E-state index is 0.0171. The molecule has 4 nitrogen and oxygen atoms in total. The van der Waals surface area contributed by atoms with Gasteiger partial charge in [-0.2, -0.15) is 0 Å². The number of furan rings is 1. The van der Waals surface area contributed by atoms with Crippen molar-refractivity contribution < 1.29 is 14.3 Å². The molecule has 1 aromatic heterocycles. The van der Waals surface area contributed by atoms with E-state index in [0.717, 1.165) is 5.56 Å². The lowest BCUT2D eigenvalue weighted by molar-refractivity contribution is -0.126. The summed E-state index contributed by atoms with van der Waals surface area (Å²) in [6.45, 7) is 0. The largest absolute Gasteiger partial charge is 0.472 e. The molecule has 1 amide bonds. The van der Waals surface area contributed by atoms with Gasteiger partial charge in [0.2, 0.25) is 5.91 Å². The number of piperidine rings is 1. The van der Waals surface area contributed by atoms with E-state index in [1.165, 1.54) is 6.26 Å². The lowest BCUT2D eigenvalue weighted by atomic mass is 9.96. The van der Waals surface area contributed by atoms with Crippen LogP contribution in [0.5, 0.6) is 0 Å². The van der Waals surface area contributed by atoms with Crippen LogP contribution in [0.1, 0.15) is 24.4 Å². The highest BCUT2D eigenvalue weighted by Gasteiger charge is 2.28. The Labute approximate surface area is 75.6 Å². The summed E-state index contributed by atoms with van der Waals surface area (Å²) >= 11 is 0. The van der Waals surface area contributed by atoms with E-state index >= 15 is 0 Å². The first-order valence-corrected chi connectivity index (χ1v) is 4.27. The maximum absolute atomic E-state index is 11.1. The summed E-state index contributed by atoms with van der Waals surface area (Å²) in [6, 6.07) is 1.44. The molecule has 1 aliphatic rings. The third-order valence-electron chi connectivity index (χ3n) is 2.27. The molecule has 13 heavy (non-hydrogen) atoms. The summed E-state index contributed by atoms with van der Waals surface area (Å²) in [4.78, 5) is 11.1. The Morgan fingerprint density at radius 1 is 1.62 bits per heavy atom. The van der Waals surface area contributed by atoms with Gasteiger partial charge < -0.3 is 14.8 Å². The van der Waals surface area contributed by atoms with Crippen LogP contribution in [-0.2, 0) is 4.79 Å². The van der Waals surface area contributed by atoms with Gasteiger partial charge in [0.1, 0.15) is 0 Å². The summed E-state index contributed by atoms with van der Waals surface area (Å²) in [7, 11) is 0. The van der Waals surface area contributed by atoms with Crippen molar-refractivity contribution in [2.75, 3.05) is 0 Å². The van der Waals surface area contributed by atoms with E-state index in [1.54, 1.807) is 12.3 Å². The molecule has 1 saturated heterocycles. The van der Waals surface area contributed by atoms with Gasteiger partial charge in [-0.3, -0.25) is 4.79 Å². The van der Waals surface area contributed by atoms with Crippen LogP contribution >= 0.6 is 0 Å². The first-order valence-electron chi connectivity index (χ1n) is 4.27. The van der Waals surface area contributed by atoms with E-state index in [9.17, 15) is 9.90 Å². The molecule has 0 bridgehead atoms. The summed E-state index contributed by atoms with van der Waals surface area (Å²) < 4.78 is 4.89. The average Bonchev–Trinajstić information content (AvgIpc) is 2.61. The highest BCUT2D eigenvalue weighted by Crippen LogP contribution is 2.23. The van der Waals surface area contributed by atoms with Gasteiger partial charge in [-0.1, -0.05) is 0 Å². The quantitative estimate of drug-likeness (QED) is 0.666. The van der Waals surface area contributed by atoms with Crippen molar-refractivity contribution >= 4 is 5.91 Å².